The molecule has 2 heterocycles. The van der Waals surface area contributed by atoms with Gasteiger partial charge in [0, 0.05) is 16.2 Å². The molecular weight excluding hydrogens is 208 g/mol. The van der Waals surface area contributed by atoms with E-state index in [-0.39, 0.29) is 0 Å². The molecule has 0 amide bonds. The zero-order chi connectivity index (χ0) is 10.3. The molecule has 3 heteroatoms. The van der Waals surface area contributed by atoms with Crippen molar-refractivity contribution >= 4 is 17.3 Å². The molecule has 0 aliphatic carbocycles. The molecular formula is C12H15ClN2. The lowest BCUT2D eigenvalue weighted by Gasteiger charge is -2.34. The fourth-order valence-electron chi connectivity index (χ4n) is 2.73. The molecule has 1 saturated heterocycles. The van der Waals surface area contributed by atoms with Crippen LogP contribution in [-0.2, 0) is 6.42 Å². The summed E-state index contributed by atoms with van der Waals surface area (Å²) in [5.41, 5.74) is 2.96. The Bertz CT molecular complexity index is 383. The van der Waals surface area contributed by atoms with Crippen LogP contribution in [0.5, 0.6) is 0 Å². The van der Waals surface area contributed by atoms with Gasteiger partial charge in [0.05, 0.1) is 0 Å². The molecule has 15 heavy (non-hydrogen) atoms. The minimum atomic E-state index is 0.304. The highest BCUT2D eigenvalue weighted by atomic mass is 35.5. The molecule has 1 fully saturated rings. The van der Waals surface area contributed by atoms with E-state index in [2.05, 4.69) is 22.8 Å². The van der Waals surface area contributed by atoms with Crippen LogP contribution in [0, 0.1) is 0 Å². The van der Waals surface area contributed by atoms with E-state index in [0.717, 1.165) is 24.5 Å². The van der Waals surface area contributed by atoms with Crippen molar-refractivity contribution in [1.82, 2.24) is 5.32 Å². The third kappa shape index (κ3) is 1.62. The van der Waals surface area contributed by atoms with Crippen LogP contribution in [0.3, 0.4) is 0 Å². The van der Waals surface area contributed by atoms with Crippen molar-refractivity contribution in [2.75, 3.05) is 18.4 Å². The first-order valence-electron chi connectivity index (χ1n) is 5.55. The molecule has 1 aromatic carbocycles. The molecule has 0 atom stereocenters. The number of halogens is 1. The number of benzene rings is 1. The quantitative estimate of drug-likeness (QED) is 0.705. The molecule has 0 unspecified atom stereocenters. The van der Waals surface area contributed by atoms with Crippen molar-refractivity contribution in [3.05, 3.63) is 28.8 Å². The lowest BCUT2D eigenvalue weighted by molar-refractivity contribution is 0.348. The summed E-state index contributed by atoms with van der Waals surface area (Å²) >= 11 is 6.01. The molecule has 1 spiro atoms. The van der Waals surface area contributed by atoms with Gasteiger partial charge < -0.3 is 10.6 Å². The zero-order valence-electron chi connectivity index (χ0n) is 8.65. The lowest BCUT2D eigenvalue weighted by atomic mass is 9.86. The number of anilines is 1. The molecule has 2 aliphatic heterocycles. The first-order chi connectivity index (χ1) is 7.27. The normalized spacial score (nSPS) is 22.5. The van der Waals surface area contributed by atoms with Gasteiger partial charge in [0.15, 0.2) is 0 Å². The average molecular weight is 223 g/mol. The highest BCUT2D eigenvalue weighted by Gasteiger charge is 2.37. The molecule has 2 nitrogen and oxygen atoms in total. The lowest BCUT2D eigenvalue weighted by Crippen LogP contribution is -2.46. The van der Waals surface area contributed by atoms with E-state index >= 15 is 0 Å². The van der Waals surface area contributed by atoms with E-state index in [0.29, 0.717) is 5.54 Å². The highest BCUT2D eigenvalue weighted by molar-refractivity contribution is 6.30. The number of hydrogen-bond acceptors (Lipinski definition) is 2. The van der Waals surface area contributed by atoms with Crippen LogP contribution in [0.2, 0.25) is 5.02 Å². The summed E-state index contributed by atoms with van der Waals surface area (Å²) < 4.78 is 0. The first-order valence-corrected chi connectivity index (χ1v) is 5.93. The Morgan fingerprint density at radius 1 is 1.20 bits per heavy atom. The Morgan fingerprint density at radius 2 is 2.00 bits per heavy atom. The van der Waals surface area contributed by atoms with Gasteiger partial charge in [-0.05, 0) is 56.1 Å². The van der Waals surface area contributed by atoms with Gasteiger partial charge in [0.25, 0.3) is 0 Å². The number of rotatable bonds is 0. The number of hydrogen-bond donors (Lipinski definition) is 2. The summed E-state index contributed by atoms with van der Waals surface area (Å²) in [6.45, 7) is 2.24. The Morgan fingerprint density at radius 3 is 2.80 bits per heavy atom. The fraction of sp³-hybridized carbons (Fsp3) is 0.500. The van der Waals surface area contributed by atoms with Gasteiger partial charge in [-0.3, -0.25) is 0 Å². The van der Waals surface area contributed by atoms with E-state index in [1.807, 2.05) is 6.07 Å². The molecule has 2 N–H and O–H groups in total. The minimum Gasteiger partial charge on any atom is -0.379 e. The maximum absolute atomic E-state index is 6.01. The SMILES string of the molecule is Clc1ccc2c(c1)CC1(CCNCC1)N2. The van der Waals surface area contributed by atoms with Gasteiger partial charge in [0.1, 0.15) is 0 Å². The molecule has 1 aromatic rings. The Balaban J connectivity index is 1.90. The van der Waals surface area contributed by atoms with Crippen molar-refractivity contribution in [2.45, 2.75) is 24.8 Å². The van der Waals surface area contributed by atoms with Crippen LogP contribution in [0.15, 0.2) is 18.2 Å². The fourth-order valence-corrected chi connectivity index (χ4v) is 2.93. The second-order valence-corrected chi connectivity index (χ2v) is 5.07. The van der Waals surface area contributed by atoms with Gasteiger partial charge in [-0.2, -0.15) is 0 Å². The van der Waals surface area contributed by atoms with Crippen LogP contribution in [0.1, 0.15) is 18.4 Å². The third-order valence-electron chi connectivity index (χ3n) is 3.56. The molecule has 0 aromatic heterocycles. The van der Waals surface area contributed by atoms with E-state index in [9.17, 15) is 0 Å². The third-order valence-corrected chi connectivity index (χ3v) is 3.79. The van der Waals surface area contributed by atoms with Crippen LogP contribution in [0.4, 0.5) is 5.69 Å². The van der Waals surface area contributed by atoms with Gasteiger partial charge in [-0.1, -0.05) is 11.6 Å². The largest absolute Gasteiger partial charge is 0.379 e. The highest BCUT2D eigenvalue weighted by Crippen LogP contribution is 2.38. The summed E-state index contributed by atoms with van der Waals surface area (Å²) in [5, 5.41) is 7.94. The van der Waals surface area contributed by atoms with E-state index in [4.69, 9.17) is 11.6 Å². The van der Waals surface area contributed by atoms with Crippen LogP contribution in [0.25, 0.3) is 0 Å². The predicted molar refractivity (Wildman–Crippen MR) is 63.6 cm³/mol. The van der Waals surface area contributed by atoms with Crippen LogP contribution >= 0.6 is 11.6 Å². The maximum Gasteiger partial charge on any atom is 0.0439 e. The van der Waals surface area contributed by atoms with Crippen molar-refractivity contribution in [3.63, 3.8) is 0 Å². The minimum absolute atomic E-state index is 0.304. The van der Waals surface area contributed by atoms with E-state index < -0.39 is 0 Å². The van der Waals surface area contributed by atoms with Crippen LogP contribution in [-0.4, -0.2) is 18.6 Å². The smallest absolute Gasteiger partial charge is 0.0439 e. The van der Waals surface area contributed by atoms with Crippen molar-refractivity contribution in [1.29, 1.82) is 0 Å². The van der Waals surface area contributed by atoms with E-state index in [1.54, 1.807) is 0 Å². The zero-order valence-corrected chi connectivity index (χ0v) is 9.40. The summed E-state index contributed by atoms with van der Waals surface area (Å²) in [7, 11) is 0. The standard InChI is InChI=1S/C12H15ClN2/c13-10-1-2-11-9(7-10)8-12(15-11)3-5-14-6-4-12/h1-2,7,14-15H,3-6,8H2. The van der Waals surface area contributed by atoms with Crippen molar-refractivity contribution in [2.24, 2.45) is 0 Å². The Kier molecular flexibility index (Phi) is 2.15. The summed E-state index contributed by atoms with van der Waals surface area (Å²) in [6.07, 6.45) is 3.54. The van der Waals surface area contributed by atoms with Gasteiger partial charge in [-0.25, -0.2) is 0 Å². The van der Waals surface area contributed by atoms with Crippen molar-refractivity contribution < 1.29 is 0 Å². The number of piperidine rings is 1. The summed E-state index contributed by atoms with van der Waals surface area (Å²) in [5.74, 6) is 0. The molecule has 0 radical (unpaired) electrons. The van der Waals surface area contributed by atoms with Gasteiger partial charge in [0.2, 0.25) is 0 Å². The van der Waals surface area contributed by atoms with Crippen LogP contribution < -0.4 is 10.6 Å². The van der Waals surface area contributed by atoms with E-state index in [1.165, 1.54) is 24.1 Å². The first kappa shape index (κ1) is 9.49. The monoisotopic (exact) mass is 222 g/mol. The average Bonchev–Trinajstić information content (AvgIpc) is 2.56. The molecule has 0 bridgehead atoms. The summed E-state index contributed by atoms with van der Waals surface area (Å²) in [4.78, 5) is 0. The topological polar surface area (TPSA) is 24.1 Å². The predicted octanol–water partition coefficient (Wildman–Crippen LogP) is 2.43. The Labute approximate surface area is 95.0 Å². The molecule has 2 aliphatic rings. The number of nitrogens with one attached hydrogen (secondary N) is 2. The van der Waals surface area contributed by atoms with Gasteiger partial charge >= 0.3 is 0 Å². The Hall–Kier alpha value is -0.730. The molecule has 0 saturated carbocycles. The molecule has 3 rings (SSSR count). The number of fused-ring (bicyclic) bond motifs is 1. The van der Waals surface area contributed by atoms with Crippen molar-refractivity contribution in [3.8, 4) is 0 Å². The molecule has 80 valence electrons. The second-order valence-electron chi connectivity index (χ2n) is 4.63. The maximum atomic E-state index is 6.01. The summed E-state index contributed by atoms with van der Waals surface area (Å²) in [6, 6.07) is 6.17. The second kappa shape index (κ2) is 3.39. The van der Waals surface area contributed by atoms with Gasteiger partial charge in [-0.15, -0.1) is 0 Å².